The number of amides is 1. The highest BCUT2D eigenvalue weighted by Gasteiger charge is 2.20. The molecular formula is C23H19N5O2. The Hall–Kier alpha value is -4.18. The fourth-order valence-corrected chi connectivity index (χ4v) is 2.93. The van der Waals surface area contributed by atoms with Gasteiger partial charge in [-0.15, -0.1) is 5.10 Å². The Morgan fingerprint density at radius 2 is 1.97 bits per heavy atom. The Morgan fingerprint density at radius 3 is 2.80 bits per heavy atom. The zero-order chi connectivity index (χ0) is 21.1. The van der Waals surface area contributed by atoms with E-state index in [9.17, 15) is 10.1 Å². The molecule has 1 amide bonds. The number of hydrogen-bond acceptors (Lipinski definition) is 5. The van der Waals surface area contributed by atoms with Gasteiger partial charge in [-0.1, -0.05) is 18.2 Å². The molecular weight excluding hydrogens is 378 g/mol. The van der Waals surface area contributed by atoms with Crippen LogP contribution in [0, 0.1) is 11.3 Å². The summed E-state index contributed by atoms with van der Waals surface area (Å²) < 4.78 is 7.44. The lowest BCUT2D eigenvalue weighted by atomic mass is 9.85. The van der Waals surface area contributed by atoms with Gasteiger partial charge in [0.1, 0.15) is 5.75 Å². The summed E-state index contributed by atoms with van der Waals surface area (Å²) in [6.45, 7) is 3.64. The van der Waals surface area contributed by atoms with Gasteiger partial charge in [-0.25, -0.2) is 9.50 Å². The van der Waals surface area contributed by atoms with Crippen LogP contribution in [0.5, 0.6) is 11.6 Å². The predicted octanol–water partition coefficient (Wildman–Crippen LogP) is 4.58. The van der Waals surface area contributed by atoms with Crippen LogP contribution in [0.3, 0.4) is 0 Å². The molecule has 0 aliphatic carbocycles. The topological polar surface area (TPSA) is 92.3 Å². The molecule has 1 N–H and O–H groups in total. The molecule has 30 heavy (non-hydrogen) atoms. The summed E-state index contributed by atoms with van der Waals surface area (Å²) in [7, 11) is 0. The van der Waals surface area contributed by atoms with Gasteiger partial charge in [0, 0.05) is 35.8 Å². The Morgan fingerprint density at radius 1 is 1.13 bits per heavy atom. The third-order valence-corrected chi connectivity index (χ3v) is 4.67. The third-order valence-electron chi connectivity index (χ3n) is 4.67. The van der Waals surface area contributed by atoms with E-state index in [4.69, 9.17) is 4.74 Å². The summed E-state index contributed by atoms with van der Waals surface area (Å²) in [5, 5.41) is 16.5. The van der Waals surface area contributed by atoms with Gasteiger partial charge >= 0.3 is 0 Å². The lowest BCUT2D eigenvalue weighted by Crippen LogP contribution is -2.17. The SMILES string of the molecule is CC(C)(C#N)c1cccc(C(=O)Nc2cccc(Oc3ccc4nccn4n3)c2)c1. The summed E-state index contributed by atoms with van der Waals surface area (Å²) >= 11 is 0. The third kappa shape index (κ3) is 3.98. The van der Waals surface area contributed by atoms with Crippen molar-refractivity contribution in [1.29, 1.82) is 5.26 Å². The van der Waals surface area contributed by atoms with Crippen molar-refractivity contribution in [3.05, 3.63) is 84.2 Å². The number of imidazole rings is 1. The highest BCUT2D eigenvalue weighted by atomic mass is 16.5. The first-order valence-electron chi connectivity index (χ1n) is 9.36. The number of anilines is 1. The van der Waals surface area contributed by atoms with Crippen LogP contribution in [0.15, 0.2) is 73.1 Å². The molecule has 0 unspecified atom stereocenters. The first kappa shape index (κ1) is 19.2. The van der Waals surface area contributed by atoms with Crippen molar-refractivity contribution < 1.29 is 9.53 Å². The smallest absolute Gasteiger partial charge is 0.255 e. The van der Waals surface area contributed by atoms with E-state index in [-0.39, 0.29) is 5.91 Å². The molecule has 4 rings (SSSR count). The molecule has 2 heterocycles. The number of nitriles is 1. The maximum absolute atomic E-state index is 12.7. The first-order valence-corrected chi connectivity index (χ1v) is 9.36. The molecule has 0 fully saturated rings. The largest absolute Gasteiger partial charge is 0.438 e. The second kappa shape index (κ2) is 7.68. The summed E-state index contributed by atoms with van der Waals surface area (Å²) in [5.41, 5.74) is 1.91. The van der Waals surface area contributed by atoms with Crippen LogP contribution >= 0.6 is 0 Å². The molecule has 2 aromatic heterocycles. The molecule has 0 saturated heterocycles. The van der Waals surface area contributed by atoms with E-state index < -0.39 is 5.41 Å². The fraction of sp³-hybridized carbons (Fsp3) is 0.130. The molecule has 0 saturated carbocycles. The molecule has 4 aromatic rings. The van der Waals surface area contributed by atoms with Crippen molar-refractivity contribution in [3.63, 3.8) is 0 Å². The lowest BCUT2D eigenvalue weighted by molar-refractivity contribution is 0.102. The van der Waals surface area contributed by atoms with E-state index in [1.807, 2.05) is 26.0 Å². The van der Waals surface area contributed by atoms with Gasteiger partial charge in [0.15, 0.2) is 5.65 Å². The van der Waals surface area contributed by atoms with Gasteiger partial charge in [0.05, 0.1) is 11.5 Å². The number of benzene rings is 2. The van der Waals surface area contributed by atoms with Gasteiger partial charge in [0.25, 0.3) is 5.91 Å². The Labute approximate surface area is 173 Å². The number of hydrogen-bond donors (Lipinski definition) is 1. The number of carbonyl (C=O) groups is 1. The van der Waals surface area contributed by atoms with Crippen molar-refractivity contribution in [2.24, 2.45) is 0 Å². The molecule has 0 aliphatic rings. The van der Waals surface area contributed by atoms with Crippen molar-refractivity contribution in [3.8, 4) is 17.7 Å². The van der Waals surface area contributed by atoms with Crippen molar-refractivity contribution in [2.75, 3.05) is 5.32 Å². The molecule has 0 atom stereocenters. The van der Waals surface area contributed by atoms with Crippen molar-refractivity contribution >= 4 is 17.2 Å². The molecule has 7 nitrogen and oxygen atoms in total. The molecule has 7 heteroatoms. The molecule has 148 valence electrons. The maximum atomic E-state index is 12.7. The zero-order valence-electron chi connectivity index (χ0n) is 16.5. The van der Waals surface area contributed by atoms with Crippen LogP contribution in [0.1, 0.15) is 29.8 Å². The minimum absolute atomic E-state index is 0.263. The molecule has 0 aliphatic heterocycles. The Bertz CT molecular complexity index is 1270. The van der Waals surface area contributed by atoms with Crippen LogP contribution in [-0.4, -0.2) is 20.5 Å². The minimum Gasteiger partial charge on any atom is -0.438 e. The van der Waals surface area contributed by atoms with Crippen LogP contribution in [0.2, 0.25) is 0 Å². The van der Waals surface area contributed by atoms with Crippen LogP contribution in [-0.2, 0) is 5.41 Å². The van der Waals surface area contributed by atoms with Gasteiger partial charge in [-0.3, -0.25) is 4.79 Å². The number of ether oxygens (including phenoxy) is 1. The average Bonchev–Trinajstić information content (AvgIpc) is 3.22. The number of nitrogens with zero attached hydrogens (tertiary/aromatic N) is 4. The van der Waals surface area contributed by atoms with Crippen molar-refractivity contribution in [2.45, 2.75) is 19.3 Å². The average molecular weight is 397 g/mol. The maximum Gasteiger partial charge on any atom is 0.255 e. The van der Waals surface area contributed by atoms with Gasteiger partial charge in [-0.2, -0.15) is 5.26 Å². The normalized spacial score (nSPS) is 11.1. The predicted molar refractivity (Wildman–Crippen MR) is 113 cm³/mol. The lowest BCUT2D eigenvalue weighted by Gasteiger charge is -2.16. The van der Waals surface area contributed by atoms with E-state index >= 15 is 0 Å². The van der Waals surface area contributed by atoms with Crippen LogP contribution in [0.25, 0.3) is 5.65 Å². The second-order valence-corrected chi connectivity index (χ2v) is 7.30. The van der Waals surface area contributed by atoms with E-state index in [1.165, 1.54) is 0 Å². The number of fused-ring (bicyclic) bond motifs is 1. The highest BCUT2D eigenvalue weighted by Crippen LogP contribution is 2.25. The number of aromatic nitrogens is 3. The van der Waals surface area contributed by atoms with Gasteiger partial charge < -0.3 is 10.1 Å². The summed E-state index contributed by atoms with van der Waals surface area (Å²) in [4.78, 5) is 16.9. The molecule has 0 radical (unpaired) electrons. The van der Waals surface area contributed by atoms with Gasteiger partial charge in [0.2, 0.25) is 5.88 Å². The number of rotatable bonds is 5. The molecule has 2 aromatic carbocycles. The summed E-state index contributed by atoms with van der Waals surface area (Å²) in [6.07, 6.45) is 3.40. The van der Waals surface area contributed by atoms with E-state index in [1.54, 1.807) is 65.4 Å². The van der Waals surface area contributed by atoms with Crippen LogP contribution < -0.4 is 10.1 Å². The Balaban J connectivity index is 1.51. The quantitative estimate of drug-likeness (QED) is 0.532. The Kier molecular flexibility index (Phi) is 4.90. The van der Waals surface area contributed by atoms with Crippen LogP contribution in [0.4, 0.5) is 5.69 Å². The van der Waals surface area contributed by atoms with E-state index in [2.05, 4.69) is 21.5 Å². The highest BCUT2D eigenvalue weighted by molar-refractivity contribution is 6.04. The molecule has 0 bridgehead atoms. The first-order chi connectivity index (χ1) is 14.4. The monoisotopic (exact) mass is 397 g/mol. The number of nitrogens with one attached hydrogen (secondary N) is 1. The fourth-order valence-electron chi connectivity index (χ4n) is 2.93. The number of carbonyl (C=O) groups excluding carboxylic acids is 1. The minimum atomic E-state index is -0.673. The second-order valence-electron chi connectivity index (χ2n) is 7.30. The summed E-state index contributed by atoms with van der Waals surface area (Å²) in [5.74, 6) is 0.690. The standard InChI is InChI=1S/C23H19N5O2/c1-23(2,15-24)17-6-3-5-16(13-17)22(29)26-18-7-4-8-19(14-18)30-21-10-9-20-25-11-12-28(20)27-21/h3-14H,1-2H3,(H,26,29). The van der Waals surface area contributed by atoms with Crippen molar-refractivity contribution in [1.82, 2.24) is 14.6 Å². The zero-order valence-corrected chi connectivity index (χ0v) is 16.5. The van der Waals surface area contributed by atoms with E-state index in [0.717, 1.165) is 11.2 Å². The summed E-state index contributed by atoms with van der Waals surface area (Å²) in [6, 6.07) is 19.9. The van der Waals surface area contributed by atoms with Gasteiger partial charge in [-0.05, 0) is 49.7 Å². The molecule has 0 spiro atoms. The van der Waals surface area contributed by atoms with E-state index in [0.29, 0.717) is 22.9 Å².